The predicted octanol–water partition coefficient (Wildman–Crippen LogP) is 3.85. The number of hydrogen-bond acceptors (Lipinski definition) is 2. The third kappa shape index (κ3) is 3.03. The first-order valence-electron chi connectivity index (χ1n) is 5.67. The number of aliphatic hydroxyl groups is 1. The second-order valence-electron chi connectivity index (χ2n) is 4.36. The van der Waals surface area contributed by atoms with Crippen molar-refractivity contribution < 1.29 is 9.50 Å². The van der Waals surface area contributed by atoms with E-state index in [1.165, 1.54) is 12.1 Å². The zero-order valence-corrected chi connectivity index (χ0v) is 10.7. The standard InChI is InChI=1S/C12H14Cl2FNO/c13-8-5-7(6-9(14)12(8)15)16-10-3-1-2-4-11(10)17/h5-6,10-11,16-17H,1-4H2/t10-,11-/m0/s1. The number of anilines is 1. The Hall–Kier alpha value is -0.510. The fourth-order valence-electron chi connectivity index (χ4n) is 2.13. The third-order valence-corrected chi connectivity index (χ3v) is 3.62. The Morgan fingerprint density at radius 3 is 2.35 bits per heavy atom. The normalized spacial score (nSPS) is 24.7. The van der Waals surface area contributed by atoms with E-state index in [1.54, 1.807) is 0 Å². The molecule has 2 rings (SSSR count). The van der Waals surface area contributed by atoms with Gasteiger partial charge in [-0.3, -0.25) is 0 Å². The van der Waals surface area contributed by atoms with E-state index in [-0.39, 0.29) is 22.2 Å². The van der Waals surface area contributed by atoms with Gasteiger partial charge in [-0.25, -0.2) is 4.39 Å². The Kier molecular flexibility index (Phi) is 4.13. The highest BCUT2D eigenvalue weighted by molar-refractivity contribution is 6.35. The van der Waals surface area contributed by atoms with Crippen molar-refractivity contribution in [3.05, 3.63) is 28.0 Å². The van der Waals surface area contributed by atoms with Crippen molar-refractivity contribution >= 4 is 28.9 Å². The number of hydrogen-bond donors (Lipinski definition) is 2. The van der Waals surface area contributed by atoms with Crippen LogP contribution in [0.1, 0.15) is 25.7 Å². The minimum absolute atomic E-state index is 0.00898. The van der Waals surface area contributed by atoms with Crippen LogP contribution in [0.3, 0.4) is 0 Å². The maximum absolute atomic E-state index is 13.2. The summed E-state index contributed by atoms with van der Waals surface area (Å²) in [6.07, 6.45) is 3.45. The van der Waals surface area contributed by atoms with E-state index in [9.17, 15) is 9.50 Å². The average Bonchev–Trinajstić information content (AvgIpc) is 2.29. The van der Waals surface area contributed by atoms with E-state index in [0.717, 1.165) is 25.7 Å². The molecule has 17 heavy (non-hydrogen) atoms. The summed E-state index contributed by atoms with van der Waals surface area (Å²) in [5, 5.41) is 13.0. The molecular formula is C12H14Cl2FNO. The van der Waals surface area contributed by atoms with Gasteiger partial charge in [0.15, 0.2) is 5.82 Å². The fraction of sp³-hybridized carbons (Fsp3) is 0.500. The van der Waals surface area contributed by atoms with Crippen LogP contribution in [0.15, 0.2) is 12.1 Å². The molecule has 0 bridgehead atoms. The monoisotopic (exact) mass is 277 g/mol. The van der Waals surface area contributed by atoms with Gasteiger partial charge in [0.25, 0.3) is 0 Å². The summed E-state index contributed by atoms with van der Waals surface area (Å²) in [5.74, 6) is -0.608. The minimum Gasteiger partial charge on any atom is -0.391 e. The molecule has 0 unspecified atom stereocenters. The lowest BCUT2D eigenvalue weighted by Crippen LogP contribution is -2.36. The Labute approximate surface area is 110 Å². The molecule has 1 aromatic rings. The van der Waals surface area contributed by atoms with Gasteiger partial charge in [0.2, 0.25) is 0 Å². The van der Waals surface area contributed by atoms with Crippen LogP contribution < -0.4 is 5.32 Å². The lowest BCUT2D eigenvalue weighted by Gasteiger charge is -2.29. The summed E-state index contributed by atoms with van der Waals surface area (Å²) in [7, 11) is 0. The highest BCUT2D eigenvalue weighted by atomic mass is 35.5. The zero-order valence-electron chi connectivity index (χ0n) is 9.22. The summed E-state index contributed by atoms with van der Waals surface area (Å²) in [6, 6.07) is 2.97. The maximum Gasteiger partial charge on any atom is 0.160 e. The minimum atomic E-state index is -0.608. The number of nitrogens with one attached hydrogen (secondary N) is 1. The van der Waals surface area contributed by atoms with Crippen molar-refractivity contribution in [1.82, 2.24) is 0 Å². The molecule has 5 heteroatoms. The van der Waals surface area contributed by atoms with Crippen LogP contribution in [-0.2, 0) is 0 Å². The van der Waals surface area contributed by atoms with Crippen LogP contribution >= 0.6 is 23.2 Å². The molecule has 94 valence electrons. The van der Waals surface area contributed by atoms with Crippen molar-refractivity contribution in [2.75, 3.05) is 5.32 Å². The van der Waals surface area contributed by atoms with Crippen molar-refractivity contribution in [3.8, 4) is 0 Å². The molecule has 0 heterocycles. The van der Waals surface area contributed by atoms with Crippen molar-refractivity contribution in [3.63, 3.8) is 0 Å². The number of halogens is 3. The van der Waals surface area contributed by atoms with Crippen LogP contribution in [0, 0.1) is 5.82 Å². The fourth-order valence-corrected chi connectivity index (χ4v) is 2.62. The lowest BCUT2D eigenvalue weighted by molar-refractivity contribution is 0.116. The van der Waals surface area contributed by atoms with E-state index in [4.69, 9.17) is 23.2 Å². The molecule has 1 aromatic carbocycles. The van der Waals surface area contributed by atoms with Crippen LogP contribution in [0.25, 0.3) is 0 Å². The Morgan fingerprint density at radius 2 is 1.76 bits per heavy atom. The summed E-state index contributed by atoms with van der Waals surface area (Å²) < 4.78 is 13.2. The summed E-state index contributed by atoms with van der Waals surface area (Å²) in [5.41, 5.74) is 0.646. The predicted molar refractivity (Wildman–Crippen MR) is 68.3 cm³/mol. The van der Waals surface area contributed by atoms with Gasteiger partial charge in [0.1, 0.15) is 0 Å². The van der Waals surface area contributed by atoms with E-state index in [1.807, 2.05) is 0 Å². The molecule has 1 saturated carbocycles. The molecule has 0 amide bonds. The molecular weight excluding hydrogens is 264 g/mol. The molecule has 0 radical (unpaired) electrons. The summed E-state index contributed by atoms with van der Waals surface area (Å²) in [6.45, 7) is 0. The molecule has 0 aromatic heterocycles. The van der Waals surface area contributed by atoms with E-state index >= 15 is 0 Å². The van der Waals surface area contributed by atoms with Crippen molar-refractivity contribution in [1.29, 1.82) is 0 Å². The van der Waals surface area contributed by atoms with Gasteiger partial charge < -0.3 is 10.4 Å². The van der Waals surface area contributed by atoms with Crippen molar-refractivity contribution in [2.45, 2.75) is 37.8 Å². The summed E-state index contributed by atoms with van der Waals surface area (Å²) >= 11 is 11.4. The average molecular weight is 278 g/mol. The first kappa shape index (κ1) is 12.9. The molecule has 0 spiro atoms. The molecule has 0 aliphatic heterocycles. The van der Waals surface area contributed by atoms with Crippen LogP contribution in [0.2, 0.25) is 10.0 Å². The Balaban J connectivity index is 2.12. The van der Waals surface area contributed by atoms with Gasteiger partial charge in [-0.05, 0) is 25.0 Å². The van der Waals surface area contributed by atoms with Gasteiger partial charge in [-0.2, -0.15) is 0 Å². The molecule has 0 saturated heterocycles. The SMILES string of the molecule is O[C@H]1CCCC[C@@H]1Nc1cc(Cl)c(F)c(Cl)c1. The Bertz CT molecular complexity index is 390. The highest BCUT2D eigenvalue weighted by Crippen LogP contribution is 2.29. The molecule has 2 atom stereocenters. The molecule has 1 fully saturated rings. The highest BCUT2D eigenvalue weighted by Gasteiger charge is 2.23. The zero-order chi connectivity index (χ0) is 12.4. The number of benzene rings is 1. The van der Waals surface area contributed by atoms with Crippen LogP contribution in [0.5, 0.6) is 0 Å². The number of rotatable bonds is 2. The topological polar surface area (TPSA) is 32.3 Å². The quantitative estimate of drug-likeness (QED) is 0.805. The van der Waals surface area contributed by atoms with E-state index in [2.05, 4.69) is 5.32 Å². The summed E-state index contributed by atoms with van der Waals surface area (Å²) in [4.78, 5) is 0. The molecule has 2 N–H and O–H groups in total. The molecule has 2 nitrogen and oxygen atoms in total. The Morgan fingerprint density at radius 1 is 1.18 bits per heavy atom. The third-order valence-electron chi connectivity index (χ3n) is 3.07. The maximum atomic E-state index is 13.2. The van der Waals surface area contributed by atoms with Crippen LogP contribution in [-0.4, -0.2) is 17.3 Å². The largest absolute Gasteiger partial charge is 0.391 e. The van der Waals surface area contributed by atoms with E-state index < -0.39 is 5.82 Å². The van der Waals surface area contributed by atoms with Crippen molar-refractivity contribution in [2.24, 2.45) is 0 Å². The van der Waals surface area contributed by atoms with Gasteiger partial charge in [0.05, 0.1) is 22.2 Å². The first-order valence-corrected chi connectivity index (χ1v) is 6.42. The van der Waals surface area contributed by atoms with Gasteiger partial charge >= 0.3 is 0 Å². The van der Waals surface area contributed by atoms with Gasteiger partial charge in [0, 0.05) is 5.69 Å². The number of aliphatic hydroxyl groups excluding tert-OH is 1. The van der Waals surface area contributed by atoms with E-state index in [0.29, 0.717) is 5.69 Å². The molecule has 1 aliphatic rings. The molecule has 1 aliphatic carbocycles. The van der Waals surface area contributed by atoms with Gasteiger partial charge in [-0.15, -0.1) is 0 Å². The lowest BCUT2D eigenvalue weighted by atomic mass is 9.92. The first-order chi connectivity index (χ1) is 8.08. The van der Waals surface area contributed by atoms with Gasteiger partial charge in [-0.1, -0.05) is 36.0 Å². The van der Waals surface area contributed by atoms with Crippen LogP contribution in [0.4, 0.5) is 10.1 Å². The smallest absolute Gasteiger partial charge is 0.160 e. The second kappa shape index (κ2) is 5.42. The second-order valence-corrected chi connectivity index (χ2v) is 5.17.